The standard InChI is InChI=1S/C22H29N3O4S2/c1-30-21-5-3-4-20(14-21)25(31(2,27)28)17-22(26)23-15-18-6-8-19(9-7-18)16-24-10-12-29-13-11-24/h3-9,14H,10-13,15-17H2,1-2H3,(H,23,26). The minimum atomic E-state index is -3.59. The zero-order valence-corrected chi connectivity index (χ0v) is 19.5. The van der Waals surface area contributed by atoms with Crippen LogP contribution in [0.15, 0.2) is 53.4 Å². The van der Waals surface area contributed by atoms with Gasteiger partial charge in [-0.2, -0.15) is 0 Å². The minimum absolute atomic E-state index is 0.258. The second-order valence-electron chi connectivity index (χ2n) is 7.45. The van der Waals surface area contributed by atoms with E-state index in [2.05, 4.69) is 22.3 Å². The zero-order chi connectivity index (χ0) is 22.3. The predicted molar refractivity (Wildman–Crippen MR) is 125 cm³/mol. The van der Waals surface area contributed by atoms with E-state index in [0.29, 0.717) is 12.2 Å². The number of morpholine rings is 1. The van der Waals surface area contributed by atoms with Crippen LogP contribution < -0.4 is 9.62 Å². The fourth-order valence-corrected chi connectivity index (χ4v) is 4.63. The minimum Gasteiger partial charge on any atom is -0.379 e. The molecule has 0 aliphatic carbocycles. The van der Waals surface area contributed by atoms with Crippen molar-refractivity contribution in [2.45, 2.75) is 18.0 Å². The number of anilines is 1. The molecule has 0 aromatic heterocycles. The molecule has 1 aliphatic rings. The van der Waals surface area contributed by atoms with Crippen molar-refractivity contribution in [1.29, 1.82) is 0 Å². The highest BCUT2D eigenvalue weighted by atomic mass is 32.2. The number of sulfonamides is 1. The van der Waals surface area contributed by atoms with Crippen LogP contribution in [0.1, 0.15) is 11.1 Å². The van der Waals surface area contributed by atoms with Crippen molar-refractivity contribution in [3.63, 3.8) is 0 Å². The highest BCUT2D eigenvalue weighted by molar-refractivity contribution is 7.98. The Morgan fingerprint density at radius 2 is 1.81 bits per heavy atom. The van der Waals surface area contributed by atoms with E-state index in [1.165, 1.54) is 17.3 Å². The number of benzene rings is 2. The summed E-state index contributed by atoms with van der Waals surface area (Å²) < 4.78 is 31.0. The molecule has 0 bridgehead atoms. The van der Waals surface area contributed by atoms with Gasteiger partial charge in [0.25, 0.3) is 0 Å². The summed E-state index contributed by atoms with van der Waals surface area (Å²) in [6.45, 7) is 4.40. The van der Waals surface area contributed by atoms with Gasteiger partial charge in [-0.3, -0.25) is 14.0 Å². The van der Waals surface area contributed by atoms with Crippen molar-refractivity contribution >= 4 is 33.4 Å². The van der Waals surface area contributed by atoms with Gasteiger partial charge in [0.1, 0.15) is 6.54 Å². The number of amides is 1. The molecule has 2 aromatic rings. The summed E-state index contributed by atoms with van der Waals surface area (Å²) >= 11 is 1.52. The van der Waals surface area contributed by atoms with Crippen LogP contribution in [-0.2, 0) is 32.6 Å². The maximum atomic E-state index is 12.5. The number of carbonyl (C=O) groups is 1. The highest BCUT2D eigenvalue weighted by Crippen LogP contribution is 2.23. The summed E-state index contributed by atoms with van der Waals surface area (Å²) in [5.74, 6) is -0.350. The van der Waals surface area contributed by atoms with Crippen molar-refractivity contribution in [1.82, 2.24) is 10.2 Å². The Kier molecular flexibility index (Phi) is 8.36. The monoisotopic (exact) mass is 463 g/mol. The first-order valence-corrected chi connectivity index (χ1v) is 13.2. The molecule has 9 heteroatoms. The van der Waals surface area contributed by atoms with Gasteiger partial charge in [0, 0.05) is 31.1 Å². The molecule has 0 saturated carbocycles. The van der Waals surface area contributed by atoms with Gasteiger partial charge in [-0.15, -0.1) is 11.8 Å². The molecular formula is C22H29N3O4S2. The molecule has 1 amide bonds. The van der Waals surface area contributed by atoms with E-state index in [-0.39, 0.29) is 12.5 Å². The maximum Gasteiger partial charge on any atom is 0.241 e. The molecule has 1 fully saturated rings. The van der Waals surface area contributed by atoms with Crippen LogP contribution in [-0.4, -0.2) is 64.6 Å². The smallest absolute Gasteiger partial charge is 0.241 e. The van der Waals surface area contributed by atoms with E-state index in [1.54, 1.807) is 18.2 Å². The van der Waals surface area contributed by atoms with E-state index in [1.807, 2.05) is 24.5 Å². The third-order valence-electron chi connectivity index (χ3n) is 5.05. The first-order valence-electron chi connectivity index (χ1n) is 10.1. The first-order chi connectivity index (χ1) is 14.8. The van der Waals surface area contributed by atoms with Crippen molar-refractivity contribution in [3.05, 3.63) is 59.7 Å². The summed E-state index contributed by atoms with van der Waals surface area (Å²) in [6, 6.07) is 15.3. The van der Waals surface area contributed by atoms with Crippen LogP contribution in [0.2, 0.25) is 0 Å². The van der Waals surface area contributed by atoms with Crippen molar-refractivity contribution in [3.8, 4) is 0 Å². The van der Waals surface area contributed by atoms with Crippen molar-refractivity contribution < 1.29 is 17.9 Å². The molecule has 1 saturated heterocycles. The van der Waals surface area contributed by atoms with Crippen LogP contribution in [0.25, 0.3) is 0 Å². The molecule has 0 spiro atoms. The summed E-state index contributed by atoms with van der Waals surface area (Å²) in [5.41, 5.74) is 2.67. The molecular weight excluding hydrogens is 434 g/mol. The second-order valence-corrected chi connectivity index (χ2v) is 10.2. The lowest BCUT2D eigenvalue weighted by Gasteiger charge is -2.26. The lowest BCUT2D eigenvalue weighted by atomic mass is 10.1. The van der Waals surface area contributed by atoms with Gasteiger partial charge in [0.05, 0.1) is 25.2 Å². The number of nitrogens with one attached hydrogen (secondary N) is 1. The number of nitrogens with zero attached hydrogens (tertiary/aromatic N) is 2. The fourth-order valence-electron chi connectivity index (χ4n) is 3.33. The largest absolute Gasteiger partial charge is 0.379 e. The average molecular weight is 464 g/mol. The maximum absolute atomic E-state index is 12.5. The number of carbonyl (C=O) groups excluding carboxylic acids is 1. The van der Waals surface area contributed by atoms with Gasteiger partial charge in [-0.05, 0) is 35.6 Å². The molecule has 0 unspecified atom stereocenters. The normalized spacial score (nSPS) is 14.9. The summed E-state index contributed by atoms with van der Waals surface area (Å²) in [7, 11) is -3.59. The molecule has 0 radical (unpaired) electrons. The van der Waals surface area contributed by atoms with Crippen LogP contribution in [0.5, 0.6) is 0 Å². The first kappa shape index (κ1) is 23.6. The van der Waals surface area contributed by atoms with Gasteiger partial charge < -0.3 is 10.1 Å². The summed E-state index contributed by atoms with van der Waals surface area (Å²) in [5, 5.41) is 2.82. The summed E-state index contributed by atoms with van der Waals surface area (Å²) in [4.78, 5) is 15.8. The molecule has 1 N–H and O–H groups in total. The Morgan fingerprint density at radius 3 is 2.45 bits per heavy atom. The lowest BCUT2D eigenvalue weighted by molar-refractivity contribution is -0.119. The third kappa shape index (κ3) is 7.24. The van der Waals surface area contributed by atoms with Crippen LogP contribution in [0.4, 0.5) is 5.69 Å². The van der Waals surface area contributed by atoms with Gasteiger partial charge in [-0.1, -0.05) is 30.3 Å². The van der Waals surface area contributed by atoms with Gasteiger partial charge in [0.15, 0.2) is 0 Å². The quantitative estimate of drug-likeness (QED) is 0.575. The molecule has 1 aliphatic heterocycles. The van der Waals surface area contributed by atoms with E-state index in [0.717, 1.165) is 53.9 Å². The van der Waals surface area contributed by atoms with Crippen LogP contribution >= 0.6 is 11.8 Å². The van der Waals surface area contributed by atoms with Crippen molar-refractivity contribution in [2.75, 3.05) is 49.7 Å². The Balaban J connectivity index is 1.56. The molecule has 7 nitrogen and oxygen atoms in total. The molecule has 0 atom stereocenters. The number of thioether (sulfide) groups is 1. The van der Waals surface area contributed by atoms with E-state index in [9.17, 15) is 13.2 Å². The SMILES string of the molecule is CSc1cccc(N(CC(=O)NCc2ccc(CN3CCOCC3)cc2)S(C)(=O)=O)c1. The Morgan fingerprint density at radius 1 is 1.13 bits per heavy atom. The number of ether oxygens (including phenoxy) is 1. The number of rotatable bonds is 9. The van der Waals surface area contributed by atoms with E-state index < -0.39 is 10.0 Å². The third-order valence-corrected chi connectivity index (χ3v) is 6.92. The molecule has 1 heterocycles. The van der Waals surface area contributed by atoms with E-state index >= 15 is 0 Å². The zero-order valence-electron chi connectivity index (χ0n) is 17.9. The Bertz CT molecular complexity index is 975. The second kappa shape index (κ2) is 11.0. The van der Waals surface area contributed by atoms with Gasteiger partial charge in [0.2, 0.25) is 15.9 Å². The molecule has 2 aromatic carbocycles. The predicted octanol–water partition coefficient (Wildman–Crippen LogP) is 2.32. The Hall–Kier alpha value is -2.07. The van der Waals surface area contributed by atoms with Crippen molar-refractivity contribution in [2.24, 2.45) is 0 Å². The average Bonchev–Trinajstić information content (AvgIpc) is 2.77. The molecule has 31 heavy (non-hydrogen) atoms. The molecule has 168 valence electrons. The highest BCUT2D eigenvalue weighted by Gasteiger charge is 2.21. The molecule has 3 rings (SSSR count). The fraction of sp³-hybridized carbons (Fsp3) is 0.409. The number of hydrogen-bond acceptors (Lipinski definition) is 6. The number of hydrogen-bond donors (Lipinski definition) is 1. The lowest BCUT2D eigenvalue weighted by Crippen LogP contribution is -2.40. The van der Waals surface area contributed by atoms with Crippen LogP contribution in [0, 0.1) is 0 Å². The van der Waals surface area contributed by atoms with Gasteiger partial charge >= 0.3 is 0 Å². The topological polar surface area (TPSA) is 79.0 Å². The summed E-state index contributed by atoms with van der Waals surface area (Å²) in [6.07, 6.45) is 3.03. The Labute approximate surface area is 188 Å². The van der Waals surface area contributed by atoms with E-state index in [4.69, 9.17) is 4.74 Å². The van der Waals surface area contributed by atoms with Gasteiger partial charge in [-0.25, -0.2) is 8.42 Å². The van der Waals surface area contributed by atoms with Crippen LogP contribution in [0.3, 0.4) is 0 Å².